The van der Waals surface area contributed by atoms with Gasteiger partial charge < -0.3 is 19.5 Å². The van der Waals surface area contributed by atoms with Crippen LogP contribution in [0.25, 0.3) is 0 Å². The Labute approximate surface area is 141 Å². The molecule has 0 bridgehead atoms. The number of methoxy groups -OCH3 is 2. The van der Waals surface area contributed by atoms with Crippen molar-refractivity contribution in [3.05, 3.63) is 35.4 Å². The number of rotatable bonds is 5. The summed E-state index contributed by atoms with van der Waals surface area (Å²) < 4.78 is 14.5. The number of esters is 2. The quantitative estimate of drug-likeness (QED) is 0.653. The number of hydrogen-bond donors (Lipinski definition) is 1. The highest BCUT2D eigenvalue weighted by Gasteiger charge is 2.25. The Kier molecular flexibility index (Phi) is 6.76. The van der Waals surface area contributed by atoms with E-state index in [0.717, 1.165) is 0 Å². The summed E-state index contributed by atoms with van der Waals surface area (Å²) in [6, 6.07) is 5.67. The van der Waals surface area contributed by atoms with E-state index < -0.39 is 29.7 Å². The lowest BCUT2D eigenvalue weighted by Gasteiger charge is -2.22. The number of carbonyl (C=O) groups is 3. The highest BCUT2D eigenvalue weighted by atomic mass is 16.6. The molecule has 0 aliphatic carbocycles. The summed E-state index contributed by atoms with van der Waals surface area (Å²) in [5.41, 5.74) is 0.343. The standard InChI is InChI=1S/C17H23NO6/c1-17(2,3)24-16(21)18-13(15(20)23-5)10-11-7-6-8-12(9-11)14(19)22-4/h6-9,13H,10H2,1-5H3,(H,18,21). The molecule has 0 saturated carbocycles. The molecule has 132 valence electrons. The second-order valence-electron chi connectivity index (χ2n) is 6.12. The normalized spacial score (nSPS) is 12.0. The molecule has 1 amide bonds. The molecule has 1 aromatic rings. The molecule has 0 radical (unpaired) electrons. The van der Waals surface area contributed by atoms with Gasteiger partial charge in [0.15, 0.2) is 0 Å². The summed E-state index contributed by atoms with van der Waals surface area (Å²) >= 11 is 0. The zero-order valence-electron chi connectivity index (χ0n) is 14.5. The Morgan fingerprint density at radius 3 is 2.33 bits per heavy atom. The highest BCUT2D eigenvalue weighted by molar-refractivity contribution is 5.89. The number of carbonyl (C=O) groups excluding carboxylic acids is 3. The number of amides is 1. The van der Waals surface area contributed by atoms with Crippen LogP contribution in [0.2, 0.25) is 0 Å². The van der Waals surface area contributed by atoms with Crippen LogP contribution < -0.4 is 5.32 Å². The van der Waals surface area contributed by atoms with E-state index in [1.54, 1.807) is 45.0 Å². The molecule has 0 aliphatic rings. The molecule has 0 spiro atoms. The molecule has 1 atom stereocenters. The second-order valence-corrected chi connectivity index (χ2v) is 6.12. The zero-order chi connectivity index (χ0) is 18.3. The molecule has 1 rings (SSSR count). The molecule has 1 unspecified atom stereocenters. The summed E-state index contributed by atoms with van der Waals surface area (Å²) in [5, 5.41) is 2.48. The molecule has 7 heteroatoms. The fourth-order valence-electron chi connectivity index (χ4n) is 1.96. The summed E-state index contributed by atoms with van der Waals surface area (Å²) in [6.45, 7) is 5.17. The van der Waals surface area contributed by atoms with Gasteiger partial charge in [-0.1, -0.05) is 12.1 Å². The smallest absolute Gasteiger partial charge is 0.408 e. The average Bonchev–Trinajstić information content (AvgIpc) is 2.51. The molecule has 1 N–H and O–H groups in total. The van der Waals surface area contributed by atoms with Gasteiger partial charge in [0.25, 0.3) is 0 Å². The Bertz CT molecular complexity index is 605. The van der Waals surface area contributed by atoms with Crippen LogP contribution in [0.3, 0.4) is 0 Å². The molecular formula is C17H23NO6. The van der Waals surface area contributed by atoms with Crippen LogP contribution in [0.15, 0.2) is 24.3 Å². The number of hydrogen-bond acceptors (Lipinski definition) is 6. The SMILES string of the molecule is COC(=O)c1cccc(CC(NC(=O)OC(C)(C)C)C(=O)OC)c1. The third-order valence-corrected chi connectivity index (χ3v) is 2.96. The largest absolute Gasteiger partial charge is 0.467 e. The first-order valence-corrected chi connectivity index (χ1v) is 7.41. The summed E-state index contributed by atoms with van der Waals surface area (Å²) in [6.07, 6.45) is -0.571. The lowest BCUT2D eigenvalue weighted by atomic mass is 10.0. The molecular weight excluding hydrogens is 314 g/mol. The van der Waals surface area contributed by atoms with Crippen molar-refractivity contribution in [2.75, 3.05) is 14.2 Å². The lowest BCUT2D eigenvalue weighted by molar-refractivity contribution is -0.143. The van der Waals surface area contributed by atoms with Crippen molar-refractivity contribution in [2.45, 2.75) is 38.8 Å². The van der Waals surface area contributed by atoms with Crippen LogP contribution in [0.4, 0.5) is 4.79 Å². The molecule has 24 heavy (non-hydrogen) atoms. The summed E-state index contributed by atoms with van der Waals surface area (Å²) in [5.74, 6) is -1.09. The van der Waals surface area contributed by atoms with Gasteiger partial charge in [0, 0.05) is 6.42 Å². The molecule has 0 fully saturated rings. The van der Waals surface area contributed by atoms with E-state index in [-0.39, 0.29) is 6.42 Å². The third kappa shape index (κ3) is 6.28. The van der Waals surface area contributed by atoms with E-state index in [2.05, 4.69) is 10.1 Å². The predicted molar refractivity (Wildman–Crippen MR) is 86.7 cm³/mol. The van der Waals surface area contributed by atoms with Crippen LogP contribution >= 0.6 is 0 Å². The van der Waals surface area contributed by atoms with E-state index in [0.29, 0.717) is 11.1 Å². The van der Waals surface area contributed by atoms with E-state index in [1.165, 1.54) is 14.2 Å². The Hall–Kier alpha value is -2.57. The third-order valence-electron chi connectivity index (χ3n) is 2.96. The van der Waals surface area contributed by atoms with Crippen LogP contribution in [0, 0.1) is 0 Å². The molecule has 0 heterocycles. The highest BCUT2D eigenvalue weighted by Crippen LogP contribution is 2.11. The number of ether oxygens (including phenoxy) is 3. The van der Waals surface area contributed by atoms with Gasteiger partial charge in [0.2, 0.25) is 0 Å². The molecule has 7 nitrogen and oxygen atoms in total. The van der Waals surface area contributed by atoms with Gasteiger partial charge in [0.1, 0.15) is 11.6 Å². The van der Waals surface area contributed by atoms with Gasteiger partial charge >= 0.3 is 18.0 Å². The monoisotopic (exact) mass is 337 g/mol. The van der Waals surface area contributed by atoms with Crippen molar-refractivity contribution in [2.24, 2.45) is 0 Å². The van der Waals surface area contributed by atoms with E-state index >= 15 is 0 Å². The van der Waals surface area contributed by atoms with Crippen molar-refractivity contribution in [3.63, 3.8) is 0 Å². The van der Waals surface area contributed by atoms with Crippen molar-refractivity contribution in [3.8, 4) is 0 Å². The first kappa shape index (κ1) is 19.5. The Morgan fingerprint density at radius 1 is 1.12 bits per heavy atom. The van der Waals surface area contributed by atoms with Gasteiger partial charge in [-0.2, -0.15) is 0 Å². The van der Waals surface area contributed by atoms with Crippen LogP contribution in [-0.2, 0) is 25.4 Å². The van der Waals surface area contributed by atoms with E-state index in [9.17, 15) is 14.4 Å². The lowest BCUT2D eigenvalue weighted by Crippen LogP contribution is -2.45. The van der Waals surface area contributed by atoms with Crippen LogP contribution in [0.5, 0.6) is 0 Å². The average molecular weight is 337 g/mol. The Morgan fingerprint density at radius 2 is 1.79 bits per heavy atom. The first-order valence-electron chi connectivity index (χ1n) is 7.41. The topological polar surface area (TPSA) is 90.9 Å². The second kappa shape index (κ2) is 8.33. The van der Waals surface area contributed by atoms with E-state index in [1.807, 2.05) is 0 Å². The number of alkyl carbamates (subject to hydrolysis) is 1. The maximum Gasteiger partial charge on any atom is 0.408 e. The van der Waals surface area contributed by atoms with Crippen molar-refractivity contribution in [1.29, 1.82) is 0 Å². The minimum Gasteiger partial charge on any atom is -0.467 e. The van der Waals surface area contributed by atoms with Crippen molar-refractivity contribution in [1.82, 2.24) is 5.32 Å². The molecule has 1 aromatic carbocycles. The summed E-state index contributed by atoms with van der Waals surface area (Å²) in [4.78, 5) is 35.4. The van der Waals surface area contributed by atoms with Gasteiger partial charge in [-0.3, -0.25) is 0 Å². The fraction of sp³-hybridized carbons (Fsp3) is 0.471. The molecule has 0 aliphatic heterocycles. The summed E-state index contributed by atoms with van der Waals surface area (Å²) in [7, 11) is 2.52. The van der Waals surface area contributed by atoms with Crippen molar-refractivity contribution >= 4 is 18.0 Å². The van der Waals surface area contributed by atoms with Gasteiger partial charge in [-0.25, -0.2) is 14.4 Å². The van der Waals surface area contributed by atoms with Gasteiger partial charge in [0.05, 0.1) is 19.8 Å². The van der Waals surface area contributed by atoms with Crippen molar-refractivity contribution < 1.29 is 28.6 Å². The van der Waals surface area contributed by atoms with Gasteiger partial charge in [-0.15, -0.1) is 0 Å². The van der Waals surface area contributed by atoms with Crippen LogP contribution in [-0.4, -0.2) is 43.9 Å². The predicted octanol–water partition coefficient (Wildman–Crippen LogP) is 2.08. The number of benzene rings is 1. The molecule has 0 aromatic heterocycles. The fourth-order valence-corrected chi connectivity index (χ4v) is 1.96. The zero-order valence-corrected chi connectivity index (χ0v) is 14.5. The first-order chi connectivity index (χ1) is 11.2. The minimum absolute atomic E-state index is 0.150. The van der Waals surface area contributed by atoms with Gasteiger partial charge in [-0.05, 0) is 38.5 Å². The minimum atomic E-state index is -0.933. The number of nitrogens with one attached hydrogen (secondary N) is 1. The maximum atomic E-state index is 11.9. The molecule has 0 saturated heterocycles. The van der Waals surface area contributed by atoms with Crippen LogP contribution in [0.1, 0.15) is 36.7 Å². The Balaban J connectivity index is 2.89. The maximum absolute atomic E-state index is 11.9. The van der Waals surface area contributed by atoms with E-state index in [4.69, 9.17) is 9.47 Å².